The molecular weight excluding hydrogens is 278 g/mol. The summed E-state index contributed by atoms with van der Waals surface area (Å²) in [6.07, 6.45) is 0. The van der Waals surface area contributed by atoms with Crippen LogP contribution in [0.1, 0.15) is 10.9 Å². The number of aliphatic hydroxyl groups is 1. The summed E-state index contributed by atoms with van der Waals surface area (Å²) in [5, 5.41) is 12.8. The number of hydrogen-bond acceptors (Lipinski definition) is 4. The van der Waals surface area contributed by atoms with Gasteiger partial charge in [-0.05, 0) is 35.1 Å². The van der Waals surface area contributed by atoms with Crippen LogP contribution in [0.5, 0.6) is 0 Å². The number of thiophene rings is 1. The van der Waals surface area contributed by atoms with Crippen molar-refractivity contribution in [2.45, 2.75) is 6.04 Å². The second kappa shape index (κ2) is 4.51. The number of nitrogens with one attached hydrogen (secondary N) is 1. The van der Waals surface area contributed by atoms with E-state index in [2.05, 4.69) is 27.3 Å². The van der Waals surface area contributed by atoms with Gasteiger partial charge in [0.2, 0.25) is 0 Å². The predicted molar refractivity (Wildman–Crippen MR) is 64.2 cm³/mol. The lowest BCUT2D eigenvalue weighted by atomic mass is 9.78. The van der Waals surface area contributed by atoms with Gasteiger partial charge in [0.15, 0.2) is 0 Å². The highest BCUT2D eigenvalue weighted by molar-refractivity contribution is 9.11. The Morgan fingerprint density at radius 3 is 2.73 bits per heavy atom. The molecule has 84 valence electrons. The minimum absolute atomic E-state index is 0.140. The van der Waals surface area contributed by atoms with Crippen molar-refractivity contribution in [2.75, 3.05) is 26.9 Å². The Labute approximate surface area is 102 Å². The van der Waals surface area contributed by atoms with Gasteiger partial charge in [0.25, 0.3) is 0 Å². The molecule has 2 rings (SSSR count). The van der Waals surface area contributed by atoms with Crippen molar-refractivity contribution in [2.24, 2.45) is 5.41 Å². The van der Waals surface area contributed by atoms with Crippen LogP contribution >= 0.6 is 27.3 Å². The van der Waals surface area contributed by atoms with E-state index >= 15 is 0 Å². The molecule has 2 N–H and O–H groups in total. The Kier molecular flexibility index (Phi) is 3.47. The zero-order valence-electron chi connectivity index (χ0n) is 8.50. The van der Waals surface area contributed by atoms with Crippen molar-refractivity contribution in [3.05, 3.63) is 20.8 Å². The minimum Gasteiger partial charge on any atom is -0.396 e. The Bertz CT molecular complexity index is 332. The molecule has 2 heterocycles. The predicted octanol–water partition coefficient (Wildman–Crippen LogP) is 1.78. The van der Waals surface area contributed by atoms with Gasteiger partial charge in [0.1, 0.15) is 0 Å². The third kappa shape index (κ3) is 1.99. The summed E-state index contributed by atoms with van der Waals surface area (Å²) in [6.45, 7) is 1.42. The van der Waals surface area contributed by atoms with E-state index in [1.54, 1.807) is 11.3 Å². The largest absolute Gasteiger partial charge is 0.396 e. The van der Waals surface area contributed by atoms with Crippen molar-refractivity contribution in [3.8, 4) is 0 Å². The van der Waals surface area contributed by atoms with E-state index in [4.69, 9.17) is 4.74 Å². The van der Waals surface area contributed by atoms with Crippen LogP contribution in [0.2, 0.25) is 0 Å². The molecule has 0 amide bonds. The highest BCUT2D eigenvalue weighted by Gasteiger charge is 2.45. The van der Waals surface area contributed by atoms with E-state index in [0.29, 0.717) is 13.2 Å². The first-order valence-corrected chi connectivity index (χ1v) is 6.44. The summed E-state index contributed by atoms with van der Waals surface area (Å²) in [4.78, 5) is 1.24. The van der Waals surface area contributed by atoms with Crippen LogP contribution in [0.25, 0.3) is 0 Å². The lowest BCUT2D eigenvalue weighted by Gasteiger charge is -2.45. The maximum absolute atomic E-state index is 9.48. The Morgan fingerprint density at radius 2 is 2.40 bits per heavy atom. The summed E-state index contributed by atoms with van der Waals surface area (Å²) in [7, 11) is 1.92. The summed E-state index contributed by atoms with van der Waals surface area (Å²) in [5.74, 6) is 0. The van der Waals surface area contributed by atoms with Gasteiger partial charge in [0, 0.05) is 4.88 Å². The van der Waals surface area contributed by atoms with Gasteiger partial charge in [-0.15, -0.1) is 11.3 Å². The fraction of sp³-hybridized carbons (Fsp3) is 0.600. The number of halogens is 1. The van der Waals surface area contributed by atoms with Crippen LogP contribution in [-0.2, 0) is 4.74 Å². The number of ether oxygens (including phenoxy) is 1. The fourth-order valence-electron chi connectivity index (χ4n) is 1.95. The first-order valence-electron chi connectivity index (χ1n) is 4.83. The molecule has 5 heteroatoms. The molecule has 0 spiro atoms. The number of rotatable bonds is 4. The summed E-state index contributed by atoms with van der Waals surface area (Å²) in [6, 6.07) is 4.30. The molecule has 15 heavy (non-hydrogen) atoms. The molecule has 0 radical (unpaired) electrons. The van der Waals surface area contributed by atoms with Crippen LogP contribution in [0, 0.1) is 5.41 Å². The lowest BCUT2D eigenvalue weighted by molar-refractivity contribution is -0.154. The lowest BCUT2D eigenvalue weighted by Crippen LogP contribution is -2.53. The van der Waals surface area contributed by atoms with E-state index in [9.17, 15) is 5.11 Å². The van der Waals surface area contributed by atoms with E-state index in [1.165, 1.54) is 4.88 Å². The third-order valence-corrected chi connectivity index (χ3v) is 4.56. The van der Waals surface area contributed by atoms with Crippen LogP contribution in [-0.4, -0.2) is 32.0 Å². The second-order valence-corrected chi connectivity index (χ2v) is 6.37. The van der Waals surface area contributed by atoms with Gasteiger partial charge in [-0.3, -0.25) is 0 Å². The van der Waals surface area contributed by atoms with Crippen molar-refractivity contribution in [1.29, 1.82) is 0 Å². The van der Waals surface area contributed by atoms with E-state index in [-0.39, 0.29) is 18.1 Å². The van der Waals surface area contributed by atoms with Gasteiger partial charge in [0.05, 0.1) is 35.1 Å². The minimum atomic E-state index is -0.140. The molecule has 1 saturated heterocycles. The van der Waals surface area contributed by atoms with Crippen molar-refractivity contribution in [1.82, 2.24) is 5.32 Å². The molecule has 1 aromatic heterocycles. The highest BCUT2D eigenvalue weighted by Crippen LogP contribution is 2.42. The molecule has 0 aliphatic carbocycles. The Balaban J connectivity index is 2.23. The van der Waals surface area contributed by atoms with Crippen LogP contribution in [0.4, 0.5) is 0 Å². The molecule has 3 nitrogen and oxygen atoms in total. The monoisotopic (exact) mass is 291 g/mol. The Morgan fingerprint density at radius 1 is 1.67 bits per heavy atom. The van der Waals surface area contributed by atoms with Gasteiger partial charge in [-0.25, -0.2) is 0 Å². The summed E-state index contributed by atoms with van der Waals surface area (Å²) < 4.78 is 6.35. The molecule has 1 aromatic rings. The molecule has 0 aromatic carbocycles. The number of aliphatic hydroxyl groups excluding tert-OH is 1. The van der Waals surface area contributed by atoms with Crippen molar-refractivity contribution >= 4 is 27.3 Å². The first-order chi connectivity index (χ1) is 7.22. The van der Waals surface area contributed by atoms with E-state index in [1.807, 2.05) is 13.1 Å². The second-order valence-electron chi connectivity index (χ2n) is 3.88. The van der Waals surface area contributed by atoms with Crippen LogP contribution in [0.3, 0.4) is 0 Å². The zero-order valence-corrected chi connectivity index (χ0v) is 10.9. The molecule has 0 bridgehead atoms. The SMILES string of the molecule is CNC(c1ccc(Br)s1)C1(CO)COC1. The molecule has 1 aliphatic heterocycles. The van der Waals surface area contributed by atoms with Gasteiger partial charge < -0.3 is 15.2 Å². The standard InChI is InChI=1S/C10H14BrNO2S/c1-12-9(7-2-3-8(11)15-7)10(4-13)5-14-6-10/h2-3,9,12-13H,4-6H2,1H3. The molecule has 1 atom stereocenters. The average Bonchev–Trinajstić information content (AvgIpc) is 2.58. The molecule has 1 unspecified atom stereocenters. The fourth-order valence-corrected chi connectivity index (χ4v) is 3.62. The molecule has 0 saturated carbocycles. The summed E-state index contributed by atoms with van der Waals surface area (Å²) in [5.41, 5.74) is -0.140. The Hall–Kier alpha value is 0.0600. The highest BCUT2D eigenvalue weighted by atomic mass is 79.9. The number of hydrogen-bond donors (Lipinski definition) is 2. The molecule has 1 aliphatic rings. The maximum Gasteiger partial charge on any atom is 0.0701 e. The van der Waals surface area contributed by atoms with Gasteiger partial charge in [-0.2, -0.15) is 0 Å². The zero-order chi connectivity index (χ0) is 10.9. The average molecular weight is 292 g/mol. The van der Waals surface area contributed by atoms with Gasteiger partial charge >= 0.3 is 0 Å². The molecule has 1 fully saturated rings. The quantitative estimate of drug-likeness (QED) is 0.889. The smallest absolute Gasteiger partial charge is 0.0701 e. The van der Waals surface area contributed by atoms with Gasteiger partial charge in [-0.1, -0.05) is 0 Å². The van der Waals surface area contributed by atoms with Crippen LogP contribution < -0.4 is 5.32 Å². The first kappa shape index (κ1) is 11.5. The van der Waals surface area contributed by atoms with E-state index in [0.717, 1.165) is 3.79 Å². The third-order valence-electron chi connectivity index (χ3n) is 2.87. The topological polar surface area (TPSA) is 41.5 Å². The van der Waals surface area contributed by atoms with Crippen molar-refractivity contribution < 1.29 is 9.84 Å². The summed E-state index contributed by atoms with van der Waals surface area (Å²) >= 11 is 5.15. The maximum atomic E-state index is 9.48. The van der Waals surface area contributed by atoms with E-state index < -0.39 is 0 Å². The van der Waals surface area contributed by atoms with Crippen LogP contribution in [0.15, 0.2) is 15.9 Å². The molecular formula is C10H14BrNO2S. The normalized spacial score (nSPS) is 21.0. The van der Waals surface area contributed by atoms with Crippen molar-refractivity contribution in [3.63, 3.8) is 0 Å².